The van der Waals surface area contributed by atoms with Crippen LogP contribution in [0.2, 0.25) is 0 Å². The molecule has 0 bridgehead atoms. The summed E-state index contributed by atoms with van der Waals surface area (Å²) < 4.78 is 5.03. The number of nitro groups is 1. The Bertz CT molecular complexity index is 850. The van der Waals surface area contributed by atoms with Crippen molar-refractivity contribution in [3.05, 3.63) is 56.3 Å². The van der Waals surface area contributed by atoms with Crippen molar-refractivity contribution in [2.45, 2.75) is 19.8 Å². The normalized spacial score (nSPS) is 16.8. The van der Waals surface area contributed by atoms with Gasteiger partial charge in [0, 0.05) is 19.2 Å². The third kappa shape index (κ3) is 4.51. The first kappa shape index (κ1) is 19.0. The summed E-state index contributed by atoms with van der Waals surface area (Å²) in [6.07, 6.45) is 2.08. The lowest BCUT2D eigenvalue weighted by molar-refractivity contribution is -0.384. The van der Waals surface area contributed by atoms with Gasteiger partial charge in [0.25, 0.3) is 5.69 Å². The van der Waals surface area contributed by atoms with E-state index >= 15 is 0 Å². The van der Waals surface area contributed by atoms with Gasteiger partial charge in [0.2, 0.25) is 5.78 Å². The molecule has 1 aliphatic heterocycles. The van der Waals surface area contributed by atoms with Crippen LogP contribution in [0.5, 0.6) is 0 Å². The number of nitro benzene ring substituents is 1. The molecular weight excluding hydrogens is 368 g/mol. The molecule has 1 atom stereocenters. The molecule has 0 amide bonds. The molecule has 3 rings (SSSR count). The molecule has 0 radical (unpaired) electrons. The third-order valence-corrected chi connectivity index (χ3v) is 5.45. The first-order chi connectivity index (χ1) is 13.0. The minimum absolute atomic E-state index is 0.0643. The van der Waals surface area contributed by atoms with Crippen molar-refractivity contribution in [1.29, 1.82) is 0 Å². The maximum atomic E-state index is 12.2. The number of ether oxygens (including phenoxy) is 1. The quantitative estimate of drug-likeness (QED) is 0.322. The standard InChI is InChI=1S/C19H20N2O5S/c1-13-4-2-8-20(11-13)15-7-6-14(10-16(15)21(24)25)19(23)26-12-17(22)18-5-3-9-27-18/h3,5-7,9-10,13H,2,4,8,11-12H2,1H3/t13-/m1/s1. The highest BCUT2D eigenvalue weighted by atomic mass is 32.1. The molecule has 27 heavy (non-hydrogen) atoms. The number of piperidine rings is 1. The van der Waals surface area contributed by atoms with Crippen LogP contribution in [0.1, 0.15) is 39.8 Å². The maximum Gasteiger partial charge on any atom is 0.338 e. The largest absolute Gasteiger partial charge is 0.454 e. The molecule has 2 heterocycles. The number of Topliss-reactive ketones (excluding diaryl/α,β-unsaturated/α-hetero) is 1. The first-order valence-corrected chi connectivity index (χ1v) is 9.61. The van der Waals surface area contributed by atoms with Crippen LogP contribution in [0, 0.1) is 16.0 Å². The fraction of sp³-hybridized carbons (Fsp3) is 0.368. The number of hydrogen-bond donors (Lipinski definition) is 0. The zero-order valence-corrected chi connectivity index (χ0v) is 15.7. The molecule has 1 aliphatic rings. The lowest BCUT2D eigenvalue weighted by Crippen LogP contribution is -2.34. The summed E-state index contributed by atoms with van der Waals surface area (Å²) in [5.41, 5.74) is 0.454. The first-order valence-electron chi connectivity index (χ1n) is 8.73. The third-order valence-electron chi connectivity index (χ3n) is 4.54. The fourth-order valence-corrected chi connectivity index (χ4v) is 3.85. The molecule has 0 aliphatic carbocycles. The monoisotopic (exact) mass is 388 g/mol. The van der Waals surface area contributed by atoms with Crippen LogP contribution in [-0.2, 0) is 4.74 Å². The van der Waals surface area contributed by atoms with Gasteiger partial charge in [0.15, 0.2) is 6.61 Å². The molecule has 0 unspecified atom stereocenters. The number of hydrogen-bond acceptors (Lipinski definition) is 7. The van der Waals surface area contributed by atoms with Crippen molar-refractivity contribution < 1.29 is 19.2 Å². The lowest BCUT2D eigenvalue weighted by Gasteiger charge is -2.32. The van der Waals surface area contributed by atoms with E-state index in [2.05, 4.69) is 6.92 Å². The maximum absolute atomic E-state index is 12.2. The van der Waals surface area contributed by atoms with Crippen molar-refractivity contribution in [2.75, 3.05) is 24.6 Å². The van der Waals surface area contributed by atoms with Crippen LogP contribution in [-0.4, -0.2) is 36.4 Å². The summed E-state index contributed by atoms with van der Waals surface area (Å²) in [6.45, 7) is 3.23. The van der Waals surface area contributed by atoms with Gasteiger partial charge in [-0.25, -0.2) is 4.79 Å². The van der Waals surface area contributed by atoms with Crippen molar-refractivity contribution in [2.24, 2.45) is 5.92 Å². The minimum Gasteiger partial charge on any atom is -0.454 e. The van der Waals surface area contributed by atoms with Crippen molar-refractivity contribution in [1.82, 2.24) is 0 Å². The van der Waals surface area contributed by atoms with Crippen LogP contribution in [0.4, 0.5) is 11.4 Å². The van der Waals surface area contributed by atoms with E-state index in [1.54, 1.807) is 23.6 Å². The number of ketones is 1. The van der Waals surface area contributed by atoms with Gasteiger partial charge in [0.05, 0.1) is 15.4 Å². The highest BCUT2D eigenvalue weighted by Crippen LogP contribution is 2.32. The van der Waals surface area contributed by atoms with E-state index in [4.69, 9.17) is 4.74 Å². The zero-order valence-electron chi connectivity index (χ0n) is 14.9. The second-order valence-electron chi connectivity index (χ2n) is 6.63. The second kappa shape index (κ2) is 8.30. The SMILES string of the molecule is C[C@@H]1CCCN(c2ccc(C(=O)OCC(=O)c3cccs3)cc2[N+](=O)[O-])C1. The molecule has 1 aromatic heterocycles. The Labute approximate surface area is 160 Å². The summed E-state index contributed by atoms with van der Waals surface area (Å²) in [5.74, 6) is -0.584. The Morgan fingerprint density at radius 1 is 1.37 bits per heavy atom. The van der Waals surface area contributed by atoms with Gasteiger partial charge in [-0.05, 0) is 42.3 Å². The molecule has 0 spiro atoms. The van der Waals surface area contributed by atoms with E-state index in [-0.39, 0.29) is 17.0 Å². The highest BCUT2D eigenvalue weighted by molar-refractivity contribution is 7.12. The lowest BCUT2D eigenvalue weighted by atomic mass is 9.99. The summed E-state index contributed by atoms with van der Waals surface area (Å²) in [7, 11) is 0. The van der Waals surface area contributed by atoms with Crippen molar-refractivity contribution in [3.8, 4) is 0 Å². The average molecular weight is 388 g/mol. The molecule has 1 saturated heterocycles. The molecule has 0 saturated carbocycles. The van der Waals surface area contributed by atoms with Gasteiger partial charge >= 0.3 is 5.97 Å². The number of benzene rings is 1. The minimum atomic E-state index is -0.749. The van der Waals surface area contributed by atoms with E-state index in [0.717, 1.165) is 25.9 Å². The summed E-state index contributed by atoms with van der Waals surface area (Å²) >= 11 is 1.27. The number of carbonyl (C=O) groups excluding carboxylic acids is 2. The van der Waals surface area contributed by atoms with Crippen LogP contribution < -0.4 is 4.90 Å². The fourth-order valence-electron chi connectivity index (χ4n) is 3.20. The molecule has 2 aromatic rings. The molecule has 1 aromatic carbocycles. The Morgan fingerprint density at radius 2 is 2.19 bits per heavy atom. The Balaban J connectivity index is 1.74. The topological polar surface area (TPSA) is 89.8 Å². The summed E-state index contributed by atoms with van der Waals surface area (Å²) in [6, 6.07) is 7.73. The number of rotatable bonds is 6. The second-order valence-corrected chi connectivity index (χ2v) is 7.58. The van der Waals surface area contributed by atoms with E-state index in [9.17, 15) is 19.7 Å². The molecule has 7 nitrogen and oxygen atoms in total. The molecule has 1 fully saturated rings. The predicted molar refractivity (Wildman–Crippen MR) is 103 cm³/mol. The highest BCUT2D eigenvalue weighted by Gasteiger charge is 2.25. The van der Waals surface area contributed by atoms with Gasteiger partial charge in [-0.2, -0.15) is 0 Å². The van der Waals surface area contributed by atoms with Gasteiger partial charge in [-0.15, -0.1) is 11.3 Å². The summed E-state index contributed by atoms with van der Waals surface area (Å²) in [5, 5.41) is 13.3. The van der Waals surface area contributed by atoms with Crippen molar-refractivity contribution >= 4 is 34.5 Å². The average Bonchev–Trinajstić information content (AvgIpc) is 3.20. The van der Waals surface area contributed by atoms with Crippen LogP contribution >= 0.6 is 11.3 Å². The van der Waals surface area contributed by atoms with Crippen molar-refractivity contribution in [3.63, 3.8) is 0 Å². The Kier molecular flexibility index (Phi) is 5.85. The van der Waals surface area contributed by atoms with Gasteiger partial charge in [0.1, 0.15) is 5.69 Å². The Morgan fingerprint density at radius 3 is 2.85 bits per heavy atom. The summed E-state index contributed by atoms with van der Waals surface area (Å²) in [4.78, 5) is 37.7. The molecule has 142 valence electrons. The number of thiophene rings is 1. The van der Waals surface area contributed by atoms with Gasteiger partial charge in [-0.1, -0.05) is 13.0 Å². The molecule has 8 heteroatoms. The van der Waals surface area contributed by atoms with Gasteiger partial charge in [-0.3, -0.25) is 14.9 Å². The number of carbonyl (C=O) groups is 2. The van der Waals surface area contributed by atoms with E-state index in [0.29, 0.717) is 16.5 Å². The Hall–Kier alpha value is -2.74. The number of esters is 1. The number of anilines is 1. The molecular formula is C19H20N2O5S. The van der Waals surface area contributed by atoms with Crippen LogP contribution in [0.25, 0.3) is 0 Å². The smallest absolute Gasteiger partial charge is 0.338 e. The van der Waals surface area contributed by atoms with E-state index < -0.39 is 17.5 Å². The molecule has 0 N–H and O–H groups in total. The van der Waals surface area contributed by atoms with Crippen LogP contribution in [0.15, 0.2) is 35.7 Å². The van der Waals surface area contributed by atoms with Gasteiger partial charge < -0.3 is 9.64 Å². The number of nitrogens with zero attached hydrogens (tertiary/aromatic N) is 2. The van der Waals surface area contributed by atoms with E-state index in [1.807, 2.05) is 4.90 Å². The zero-order chi connectivity index (χ0) is 19.4. The predicted octanol–water partition coefficient (Wildman–Crippen LogP) is 3.93. The van der Waals surface area contributed by atoms with Crippen LogP contribution in [0.3, 0.4) is 0 Å². The van der Waals surface area contributed by atoms with E-state index in [1.165, 1.54) is 23.5 Å².